The molecule has 1 aromatic carbocycles. The Morgan fingerprint density at radius 3 is 2.39 bits per heavy atom. The van der Waals surface area contributed by atoms with E-state index in [4.69, 9.17) is 0 Å². The van der Waals surface area contributed by atoms with Crippen LogP contribution in [0.1, 0.15) is 37.0 Å². The van der Waals surface area contributed by atoms with Crippen molar-refractivity contribution in [2.45, 2.75) is 37.6 Å². The minimum absolute atomic E-state index is 0.0121. The third kappa shape index (κ3) is 7.28. The topological polar surface area (TPSA) is 125 Å². The van der Waals surface area contributed by atoms with Gasteiger partial charge in [-0.2, -0.15) is 0 Å². The van der Waals surface area contributed by atoms with Crippen molar-refractivity contribution in [1.82, 2.24) is 20.3 Å². The summed E-state index contributed by atoms with van der Waals surface area (Å²) in [5.41, 5.74) is 0.128. The zero-order chi connectivity index (χ0) is 21.3. The lowest BCUT2D eigenvalue weighted by Crippen LogP contribution is -2.39. The molecule has 1 aromatic rings. The molecular weight excluding hydrogens is 384 g/mol. The molecule has 1 rings (SSSR count). The molecule has 0 aliphatic carbocycles. The molecule has 156 valence electrons. The van der Waals surface area contributed by atoms with Gasteiger partial charge in [-0.3, -0.25) is 14.4 Å². The number of hydrogen-bond acceptors (Lipinski definition) is 5. The highest BCUT2D eigenvalue weighted by Gasteiger charge is 2.19. The van der Waals surface area contributed by atoms with Crippen LogP contribution >= 0.6 is 0 Å². The monoisotopic (exact) mass is 412 g/mol. The van der Waals surface area contributed by atoms with Crippen LogP contribution < -0.4 is 16.0 Å². The predicted octanol–water partition coefficient (Wildman–Crippen LogP) is 0.0877. The molecule has 0 saturated heterocycles. The molecule has 28 heavy (non-hydrogen) atoms. The van der Waals surface area contributed by atoms with Crippen LogP contribution in [0.2, 0.25) is 0 Å². The number of carbonyl (C=O) groups is 3. The van der Waals surface area contributed by atoms with E-state index in [0.717, 1.165) is 10.7 Å². The van der Waals surface area contributed by atoms with E-state index in [-0.39, 0.29) is 41.9 Å². The molecule has 9 nitrogen and oxygen atoms in total. The highest BCUT2D eigenvalue weighted by atomic mass is 32.2. The highest BCUT2D eigenvalue weighted by molar-refractivity contribution is 7.89. The lowest BCUT2D eigenvalue weighted by atomic mass is 10.2. The first kappa shape index (κ1) is 23.6. The Morgan fingerprint density at radius 1 is 1.11 bits per heavy atom. The molecule has 0 bridgehead atoms. The summed E-state index contributed by atoms with van der Waals surface area (Å²) >= 11 is 0. The molecule has 0 saturated carbocycles. The largest absolute Gasteiger partial charge is 0.354 e. The normalized spacial score (nSPS) is 12.3. The van der Waals surface area contributed by atoms with Crippen LogP contribution in [-0.4, -0.2) is 63.7 Å². The van der Waals surface area contributed by atoms with Gasteiger partial charge in [-0.25, -0.2) is 12.7 Å². The average Bonchev–Trinajstić information content (AvgIpc) is 2.65. The average molecular weight is 413 g/mol. The minimum atomic E-state index is -3.66. The second-order valence-electron chi connectivity index (χ2n) is 6.47. The van der Waals surface area contributed by atoms with Crippen molar-refractivity contribution < 1.29 is 22.8 Å². The maximum absolute atomic E-state index is 12.2. The fourth-order valence-corrected chi connectivity index (χ4v) is 3.05. The van der Waals surface area contributed by atoms with E-state index in [1.54, 1.807) is 0 Å². The molecule has 0 fully saturated rings. The van der Waals surface area contributed by atoms with Crippen LogP contribution in [-0.2, 0) is 19.6 Å². The third-order valence-electron chi connectivity index (χ3n) is 3.98. The molecule has 3 amide bonds. The Hall–Kier alpha value is -2.46. The first-order valence-electron chi connectivity index (χ1n) is 8.94. The van der Waals surface area contributed by atoms with Gasteiger partial charge in [-0.05, 0) is 31.5 Å². The van der Waals surface area contributed by atoms with Gasteiger partial charge in [-0.1, -0.05) is 13.0 Å². The summed E-state index contributed by atoms with van der Waals surface area (Å²) in [6.45, 7) is 3.73. The van der Waals surface area contributed by atoms with Crippen LogP contribution in [0.3, 0.4) is 0 Å². The molecule has 0 spiro atoms. The van der Waals surface area contributed by atoms with Crippen LogP contribution in [0.5, 0.6) is 0 Å². The maximum atomic E-state index is 12.2. The summed E-state index contributed by atoms with van der Waals surface area (Å²) < 4.78 is 25.3. The summed E-state index contributed by atoms with van der Waals surface area (Å²) in [5.74, 6) is -1.17. The molecule has 0 radical (unpaired) electrons. The van der Waals surface area contributed by atoms with Gasteiger partial charge in [0.05, 0.1) is 11.4 Å². The standard InChI is InChI=1S/C18H28N4O5S/c1-5-13(2)21-16(23)9-10-19-17(24)12-20-18(25)14-7-6-8-15(11-14)28(26,27)22(3)4/h6-8,11,13H,5,9-10,12H2,1-4H3,(H,19,24)(H,20,25)(H,21,23). The fraction of sp³-hybridized carbons (Fsp3) is 0.500. The van der Waals surface area contributed by atoms with Gasteiger partial charge in [0.25, 0.3) is 5.91 Å². The van der Waals surface area contributed by atoms with E-state index >= 15 is 0 Å². The van der Waals surface area contributed by atoms with Crippen molar-refractivity contribution in [3.05, 3.63) is 29.8 Å². The van der Waals surface area contributed by atoms with Crippen molar-refractivity contribution in [3.8, 4) is 0 Å². The van der Waals surface area contributed by atoms with E-state index in [2.05, 4.69) is 16.0 Å². The van der Waals surface area contributed by atoms with Crippen LogP contribution in [0, 0.1) is 0 Å². The van der Waals surface area contributed by atoms with Gasteiger partial charge in [0.1, 0.15) is 0 Å². The van der Waals surface area contributed by atoms with Crippen molar-refractivity contribution in [3.63, 3.8) is 0 Å². The van der Waals surface area contributed by atoms with Crippen LogP contribution in [0.15, 0.2) is 29.2 Å². The predicted molar refractivity (Wildman–Crippen MR) is 105 cm³/mol. The minimum Gasteiger partial charge on any atom is -0.354 e. The molecule has 0 aliphatic heterocycles. The number of rotatable bonds is 10. The lowest BCUT2D eigenvalue weighted by Gasteiger charge is -2.12. The summed E-state index contributed by atoms with van der Waals surface area (Å²) in [6.07, 6.45) is 0.968. The molecule has 3 N–H and O–H groups in total. The summed E-state index contributed by atoms with van der Waals surface area (Å²) in [6, 6.07) is 5.64. The maximum Gasteiger partial charge on any atom is 0.251 e. The summed E-state index contributed by atoms with van der Waals surface area (Å²) in [5, 5.41) is 7.76. The molecule has 0 aliphatic rings. The Bertz CT molecular complexity index is 808. The van der Waals surface area contributed by atoms with Gasteiger partial charge in [0.15, 0.2) is 0 Å². The number of sulfonamides is 1. The van der Waals surface area contributed by atoms with Crippen LogP contribution in [0.25, 0.3) is 0 Å². The Kier molecular flexibility index (Phi) is 9.07. The number of amides is 3. The number of nitrogens with zero attached hydrogens (tertiary/aromatic N) is 1. The molecule has 10 heteroatoms. The quantitative estimate of drug-likeness (QED) is 0.502. The second-order valence-corrected chi connectivity index (χ2v) is 8.63. The Labute approximate surface area is 165 Å². The number of carbonyl (C=O) groups excluding carboxylic acids is 3. The Morgan fingerprint density at radius 2 is 1.79 bits per heavy atom. The smallest absolute Gasteiger partial charge is 0.251 e. The first-order valence-corrected chi connectivity index (χ1v) is 10.4. The lowest BCUT2D eigenvalue weighted by molar-refractivity contribution is -0.122. The number of benzene rings is 1. The first-order chi connectivity index (χ1) is 13.1. The van der Waals surface area contributed by atoms with Crippen LogP contribution in [0.4, 0.5) is 0 Å². The molecule has 0 aromatic heterocycles. The Balaban J connectivity index is 2.50. The number of hydrogen-bond donors (Lipinski definition) is 3. The van der Waals surface area contributed by atoms with Gasteiger partial charge in [0, 0.05) is 38.7 Å². The van der Waals surface area contributed by atoms with Gasteiger partial charge < -0.3 is 16.0 Å². The zero-order valence-electron chi connectivity index (χ0n) is 16.6. The van der Waals surface area contributed by atoms with E-state index in [9.17, 15) is 22.8 Å². The molecule has 1 unspecified atom stereocenters. The molecular formula is C18H28N4O5S. The second kappa shape index (κ2) is 10.8. The zero-order valence-corrected chi connectivity index (χ0v) is 17.4. The van der Waals surface area contributed by atoms with Crippen molar-refractivity contribution in [1.29, 1.82) is 0 Å². The van der Waals surface area contributed by atoms with Crippen molar-refractivity contribution in [2.24, 2.45) is 0 Å². The van der Waals surface area contributed by atoms with E-state index in [1.165, 1.54) is 38.4 Å². The van der Waals surface area contributed by atoms with Gasteiger partial charge >= 0.3 is 0 Å². The van der Waals surface area contributed by atoms with Gasteiger partial charge in [-0.15, -0.1) is 0 Å². The summed E-state index contributed by atoms with van der Waals surface area (Å²) in [7, 11) is -0.862. The highest BCUT2D eigenvalue weighted by Crippen LogP contribution is 2.14. The van der Waals surface area contributed by atoms with E-state index < -0.39 is 21.8 Å². The number of nitrogens with one attached hydrogen (secondary N) is 3. The van der Waals surface area contributed by atoms with Crippen molar-refractivity contribution >= 4 is 27.7 Å². The SMILES string of the molecule is CCC(C)NC(=O)CCNC(=O)CNC(=O)c1cccc(S(=O)(=O)N(C)C)c1. The molecule has 0 heterocycles. The van der Waals surface area contributed by atoms with E-state index in [1.807, 2.05) is 13.8 Å². The molecule has 1 atom stereocenters. The third-order valence-corrected chi connectivity index (χ3v) is 5.79. The van der Waals surface area contributed by atoms with E-state index in [0.29, 0.717) is 0 Å². The fourth-order valence-electron chi connectivity index (χ4n) is 2.10. The van der Waals surface area contributed by atoms with Gasteiger partial charge in [0.2, 0.25) is 21.8 Å². The van der Waals surface area contributed by atoms with Crippen molar-refractivity contribution in [2.75, 3.05) is 27.2 Å². The summed E-state index contributed by atoms with van der Waals surface area (Å²) in [4.78, 5) is 35.6.